The molecule has 0 aliphatic rings. The number of aliphatic carboxylic acids is 5. The van der Waals surface area contributed by atoms with E-state index in [9.17, 15) is 78.0 Å². The SMILES string of the molecule is N[C@@H](CNC(=O)[C@H](Cc1ccccc1)NC(=O)[C@H](Cc1ccccc1)NC(=O)CCNC(=O)CC[C@H](NC(=O)N[C@@H](CCC(=O)O)C(=O)O)C(=O)O)C(=O)NC(CC(=O)O)C(=O)NC(CS)C(=O)O. The average molecular weight is 990 g/mol. The van der Waals surface area contributed by atoms with Crippen LogP contribution < -0.4 is 48.3 Å². The van der Waals surface area contributed by atoms with Gasteiger partial charge in [0.1, 0.15) is 42.3 Å². The number of nitrogens with one attached hydrogen (secondary N) is 8. The molecule has 0 aromatic heterocycles. The number of carbonyl (C=O) groups excluding carboxylic acids is 7. The van der Waals surface area contributed by atoms with E-state index in [2.05, 4.69) is 44.5 Å². The van der Waals surface area contributed by atoms with E-state index in [1.54, 1.807) is 60.7 Å². The Labute approximate surface area is 398 Å². The van der Waals surface area contributed by atoms with Gasteiger partial charge < -0.3 is 73.8 Å². The Morgan fingerprint density at radius 3 is 1.42 bits per heavy atom. The van der Waals surface area contributed by atoms with Crippen molar-refractivity contribution in [2.75, 3.05) is 18.8 Å². The number of nitrogens with two attached hydrogens (primary N) is 1. The van der Waals surface area contributed by atoms with Crippen molar-refractivity contribution in [3.63, 3.8) is 0 Å². The minimum atomic E-state index is -1.76. The number of carbonyl (C=O) groups is 12. The highest BCUT2D eigenvalue weighted by Gasteiger charge is 2.32. The molecule has 0 aliphatic carbocycles. The summed E-state index contributed by atoms with van der Waals surface area (Å²) in [5.74, 6) is -13.2. The fraction of sp³-hybridized carbons (Fsp3) is 0.429. The first-order chi connectivity index (χ1) is 32.6. The van der Waals surface area contributed by atoms with E-state index in [0.29, 0.717) is 11.1 Å². The van der Waals surface area contributed by atoms with Crippen molar-refractivity contribution in [1.29, 1.82) is 0 Å². The highest BCUT2D eigenvalue weighted by atomic mass is 32.1. The molecule has 0 bridgehead atoms. The second-order valence-corrected chi connectivity index (χ2v) is 15.5. The molecule has 27 heteroatoms. The number of carboxylic acid groups (broad SMARTS) is 5. The molecule has 7 atom stereocenters. The van der Waals surface area contributed by atoms with Gasteiger partial charge in [0.25, 0.3) is 0 Å². The molecule has 0 saturated carbocycles. The van der Waals surface area contributed by atoms with E-state index in [1.807, 2.05) is 10.6 Å². The zero-order chi connectivity index (χ0) is 51.6. The van der Waals surface area contributed by atoms with Crippen LogP contribution in [0.4, 0.5) is 4.79 Å². The Morgan fingerprint density at radius 1 is 0.478 bits per heavy atom. The van der Waals surface area contributed by atoms with Crippen LogP contribution in [0.15, 0.2) is 60.7 Å². The molecule has 2 aromatic carbocycles. The Balaban J connectivity index is 2.12. The molecule has 26 nitrogen and oxygen atoms in total. The van der Waals surface area contributed by atoms with E-state index in [0.717, 1.165) is 0 Å². The first-order valence-corrected chi connectivity index (χ1v) is 21.6. The van der Waals surface area contributed by atoms with Gasteiger partial charge in [-0.2, -0.15) is 12.6 Å². The summed E-state index contributed by atoms with van der Waals surface area (Å²) in [7, 11) is 0. The third kappa shape index (κ3) is 22.5. The molecule has 0 heterocycles. The summed E-state index contributed by atoms with van der Waals surface area (Å²) in [5, 5.41) is 64.3. The van der Waals surface area contributed by atoms with Gasteiger partial charge in [0.15, 0.2) is 0 Å². The number of hydrogen-bond acceptors (Lipinski definition) is 14. The van der Waals surface area contributed by atoms with Crippen molar-refractivity contribution >= 4 is 83.9 Å². The summed E-state index contributed by atoms with van der Waals surface area (Å²) >= 11 is 3.83. The van der Waals surface area contributed by atoms with E-state index in [1.165, 1.54) is 0 Å². The lowest BCUT2D eigenvalue weighted by Crippen LogP contribution is -2.58. The molecule has 376 valence electrons. The van der Waals surface area contributed by atoms with Crippen molar-refractivity contribution in [3.8, 4) is 0 Å². The molecule has 2 aromatic rings. The summed E-state index contributed by atoms with van der Waals surface area (Å²) in [5.41, 5.74) is 7.15. The van der Waals surface area contributed by atoms with E-state index in [4.69, 9.17) is 10.8 Å². The average Bonchev–Trinajstić information content (AvgIpc) is 3.29. The second kappa shape index (κ2) is 29.8. The molecular weight excluding hydrogens is 935 g/mol. The molecule has 2 unspecified atom stereocenters. The third-order valence-corrected chi connectivity index (χ3v) is 10.0. The molecule has 8 amide bonds. The van der Waals surface area contributed by atoms with Crippen LogP contribution in [0.3, 0.4) is 0 Å². The first kappa shape index (κ1) is 57.3. The number of hydrogen-bond donors (Lipinski definition) is 15. The Bertz CT molecular complexity index is 2150. The predicted molar refractivity (Wildman–Crippen MR) is 241 cm³/mol. The fourth-order valence-corrected chi connectivity index (χ4v) is 6.27. The van der Waals surface area contributed by atoms with Gasteiger partial charge in [0, 0.05) is 50.9 Å². The predicted octanol–water partition coefficient (Wildman–Crippen LogP) is -3.30. The second-order valence-electron chi connectivity index (χ2n) is 15.1. The van der Waals surface area contributed by atoms with Crippen molar-refractivity contribution in [1.82, 2.24) is 42.5 Å². The number of rotatable bonds is 31. The number of amides is 8. The monoisotopic (exact) mass is 989 g/mol. The van der Waals surface area contributed by atoms with E-state index in [-0.39, 0.29) is 25.1 Å². The minimum absolute atomic E-state index is 0.0777. The zero-order valence-electron chi connectivity index (χ0n) is 36.8. The molecule has 0 spiro atoms. The summed E-state index contributed by atoms with van der Waals surface area (Å²) in [6, 6.07) is 4.76. The maximum absolute atomic E-state index is 13.9. The number of thiol groups is 1. The van der Waals surface area contributed by atoms with Crippen molar-refractivity contribution < 1.29 is 83.1 Å². The highest BCUT2D eigenvalue weighted by molar-refractivity contribution is 7.80. The number of carboxylic acids is 5. The van der Waals surface area contributed by atoms with E-state index < -0.39 is 159 Å². The van der Waals surface area contributed by atoms with Gasteiger partial charge in [-0.15, -0.1) is 0 Å². The van der Waals surface area contributed by atoms with Crippen LogP contribution in [-0.2, 0) is 65.6 Å². The van der Waals surface area contributed by atoms with Gasteiger partial charge in [-0.05, 0) is 24.0 Å². The molecule has 0 saturated heterocycles. The topological polar surface area (TPSA) is 428 Å². The van der Waals surface area contributed by atoms with Crippen LogP contribution in [0, 0.1) is 0 Å². The maximum Gasteiger partial charge on any atom is 0.327 e. The minimum Gasteiger partial charge on any atom is -0.481 e. The Hall–Kier alpha value is -7.81. The molecule has 15 N–H and O–H groups in total. The normalized spacial score (nSPS) is 13.7. The first-order valence-electron chi connectivity index (χ1n) is 21.0. The standard InChI is InChI=1S/C42H55N9O17S/c43-24(35(58)47-29(19-34(56)57)38(61)49-30(21-69)41(66)67)20-45-36(59)27(17-22-7-3-1-4-8-22)48-37(60)28(18-23-9-5-2-6-10-23)46-32(53)15-16-44-31(52)13-11-25(39(62)63)50-42(68)51-26(40(64)65)12-14-33(54)55/h1-10,24-30,69H,11-21,43H2,(H,44,52)(H,45,59)(H,46,53)(H,47,58)(H,48,60)(H,49,61)(H,54,55)(H,56,57)(H,62,63)(H,64,65)(H,66,67)(H2,50,51,68)/t24-,25-,26-,27-,28-,29?,30?/m0/s1. The summed E-state index contributed by atoms with van der Waals surface area (Å²) < 4.78 is 0. The van der Waals surface area contributed by atoms with Crippen LogP contribution in [0.25, 0.3) is 0 Å². The van der Waals surface area contributed by atoms with Crippen LogP contribution in [-0.4, -0.2) is 158 Å². The summed E-state index contributed by atoms with van der Waals surface area (Å²) in [6.45, 7) is -0.892. The molecule has 2 rings (SSSR count). The van der Waals surface area contributed by atoms with Crippen molar-refractivity contribution in [2.45, 2.75) is 93.7 Å². The Morgan fingerprint density at radius 2 is 0.942 bits per heavy atom. The largest absolute Gasteiger partial charge is 0.481 e. The highest BCUT2D eigenvalue weighted by Crippen LogP contribution is 2.09. The lowest BCUT2D eigenvalue weighted by Gasteiger charge is -2.24. The molecule has 0 fully saturated rings. The lowest BCUT2D eigenvalue weighted by molar-refractivity contribution is -0.143. The van der Waals surface area contributed by atoms with E-state index >= 15 is 0 Å². The van der Waals surface area contributed by atoms with Crippen LogP contribution in [0.2, 0.25) is 0 Å². The molecular formula is C42H55N9O17S. The zero-order valence-corrected chi connectivity index (χ0v) is 37.6. The molecule has 0 aliphatic heterocycles. The Kier molecular flexibility index (Phi) is 24.7. The van der Waals surface area contributed by atoms with Gasteiger partial charge in [0.2, 0.25) is 35.4 Å². The summed E-state index contributed by atoms with van der Waals surface area (Å²) in [4.78, 5) is 148. The van der Waals surface area contributed by atoms with Gasteiger partial charge in [-0.25, -0.2) is 19.2 Å². The fourth-order valence-electron chi connectivity index (χ4n) is 6.02. The molecule has 0 radical (unpaired) electrons. The lowest BCUT2D eigenvalue weighted by atomic mass is 10.0. The van der Waals surface area contributed by atoms with Crippen LogP contribution in [0.5, 0.6) is 0 Å². The van der Waals surface area contributed by atoms with Crippen LogP contribution >= 0.6 is 12.6 Å². The van der Waals surface area contributed by atoms with Gasteiger partial charge >= 0.3 is 35.9 Å². The number of urea groups is 1. The van der Waals surface area contributed by atoms with Crippen molar-refractivity contribution in [2.24, 2.45) is 5.73 Å². The molecule has 69 heavy (non-hydrogen) atoms. The number of benzene rings is 2. The van der Waals surface area contributed by atoms with Crippen LogP contribution in [0.1, 0.15) is 49.7 Å². The smallest absolute Gasteiger partial charge is 0.327 e. The van der Waals surface area contributed by atoms with Crippen molar-refractivity contribution in [3.05, 3.63) is 71.8 Å². The van der Waals surface area contributed by atoms with Gasteiger partial charge in [0.05, 0.1) is 6.42 Å². The third-order valence-electron chi connectivity index (χ3n) is 9.68. The summed E-state index contributed by atoms with van der Waals surface area (Å²) in [6.07, 6.45) is -3.55. The van der Waals surface area contributed by atoms with Gasteiger partial charge in [-0.1, -0.05) is 60.7 Å². The quantitative estimate of drug-likeness (QED) is 0.0329. The van der Waals surface area contributed by atoms with Gasteiger partial charge in [-0.3, -0.25) is 38.4 Å². The maximum atomic E-state index is 13.9.